The van der Waals surface area contributed by atoms with Gasteiger partial charge in [-0.1, -0.05) is 6.07 Å². The summed E-state index contributed by atoms with van der Waals surface area (Å²) in [4.78, 5) is 44.9. The van der Waals surface area contributed by atoms with E-state index >= 15 is 0 Å². The minimum Gasteiger partial charge on any atom is -0.342 e. The van der Waals surface area contributed by atoms with E-state index in [0.717, 1.165) is 6.41 Å². The van der Waals surface area contributed by atoms with Crippen LogP contribution in [0.25, 0.3) is 15.9 Å². The highest BCUT2D eigenvalue weighted by Gasteiger charge is 2.23. The third kappa shape index (κ3) is 2.35. The van der Waals surface area contributed by atoms with E-state index in [0.29, 0.717) is 46.9 Å². The first-order valence-corrected chi connectivity index (χ1v) is 8.38. The third-order valence-corrected chi connectivity index (χ3v) is 5.19. The Morgan fingerprint density at radius 3 is 2.75 bits per heavy atom. The van der Waals surface area contributed by atoms with Gasteiger partial charge >= 0.3 is 0 Å². The third-order valence-electron chi connectivity index (χ3n) is 4.18. The van der Waals surface area contributed by atoms with Crippen LogP contribution in [0.4, 0.5) is 0 Å². The molecule has 0 radical (unpaired) electrons. The monoisotopic (exact) mass is 342 g/mol. The van der Waals surface area contributed by atoms with Crippen molar-refractivity contribution >= 4 is 39.5 Å². The standard InChI is InChI=1S/C16H14N4O3S/c21-10-18-5-7-19(8-6-18)16(23)12-9-11-14(24-12)17-13-3-1-2-4-20(13)15(11)22/h1-4,9-10H,5-8H2. The van der Waals surface area contributed by atoms with Gasteiger partial charge in [0.05, 0.1) is 10.3 Å². The second-order valence-corrected chi connectivity index (χ2v) is 6.64. The molecule has 0 atom stereocenters. The predicted octanol–water partition coefficient (Wildman–Crippen LogP) is 0.823. The van der Waals surface area contributed by atoms with Crippen LogP contribution in [0.1, 0.15) is 9.67 Å². The summed E-state index contributed by atoms with van der Waals surface area (Å²) in [5.41, 5.74) is 0.395. The normalized spacial score (nSPS) is 15.2. The van der Waals surface area contributed by atoms with E-state index in [1.807, 2.05) is 6.07 Å². The fourth-order valence-corrected chi connectivity index (χ4v) is 3.84. The molecule has 4 heterocycles. The van der Waals surface area contributed by atoms with Crippen molar-refractivity contribution in [3.05, 3.63) is 45.7 Å². The van der Waals surface area contributed by atoms with Crippen LogP contribution in [0.3, 0.4) is 0 Å². The molecule has 24 heavy (non-hydrogen) atoms. The van der Waals surface area contributed by atoms with Crippen LogP contribution in [-0.2, 0) is 4.79 Å². The maximum absolute atomic E-state index is 12.7. The van der Waals surface area contributed by atoms with Crippen LogP contribution >= 0.6 is 11.3 Å². The Morgan fingerprint density at radius 2 is 2.00 bits per heavy atom. The summed E-state index contributed by atoms with van der Waals surface area (Å²) in [5, 5.41) is 0.457. The van der Waals surface area contributed by atoms with Gasteiger partial charge in [-0.15, -0.1) is 11.3 Å². The molecule has 3 aromatic rings. The number of hydrogen-bond donors (Lipinski definition) is 0. The second-order valence-electron chi connectivity index (χ2n) is 5.61. The highest BCUT2D eigenvalue weighted by atomic mass is 32.1. The van der Waals surface area contributed by atoms with E-state index in [-0.39, 0.29) is 11.5 Å². The van der Waals surface area contributed by atoms with Crippen LogP contribution in [0.2, 0.25) is 0 Å². The first-order chi connectivity index (χ1) is 11.7. The van der Waals surface area contributed by atoms with Gasteiger partial charge < -0.3 is 9.80 Å². The Kier molecular flexibility index (Phi) is 3.53. The lowest BCUT2D eigenvalue weighted by atomic mass is 10.3. The fourth-order valence-electron chi connectivity index (χ4n) is 2.84. The molecule has 0 N–H and O–H groups in total. The Balaban J connectivity index is 1.71. The molecule has 0 spiro atoms. The zero-order valence-corrected chi connectivity index (χ0v) is 13.5. The van der Waals surface area contributed by atoms with Crippen LogP contribution in [0, 0.1) is 0 Å². The second kappa shape index (κ2) is 5.72. The van der Waals surface area contributed by atoms with Crippen molar-refractivity contribution in [2.75, 3.05) is 26.2 Å². The zero-order chi connectivity index (χ0) is 16.7. The van der Waals surface area contributed by atoms with Gasteiger partial charge in [-0.3, -0.25) is 18.8 Å². The average Bonchev–Trinajstić information content (AvgIpc) is 3.06. The van der Waals surface area contributed by atoms with Crippen molar-refractivity contribution in [2.45, 2.75) is 0 Å². The van der Waals surface area contributed by atoms with Gasteiger partial charge in [0, 0.05) is 32.4 Å². The smallest absolute Gasteiger partial charge is 0.266 e. The van der Waals surface area contributed by atoms with Gasteiger partial charge in [-0.25, -0.2) is 4.98 Å². The van der Waals surface area contributed by atoms with Crippen molar-refractivity contribution in [3.63, 3.8) is 0 Å². The number of nitrogens with zero attached hydrogens (tertiary/aromatic N) is 4. The summed E-state index contributed by atoms with van der Waals surface area (Å²) in [7, 11) is 0. The number of rotatable bonds is 2. The van der Waals surface area contributed by atoms with E-state index in [1.165, 1.54) is 15.7 Å². The maximum atomic E-state index is 12.7. The molecule has 0 unspecified atom stereocenters. The molecular weight excluding hydrogens is 328 g/mol. The lowest BCUT2D eigenvalue weighted by Crippen LogP contribution is -2.47. The Bertz CT molecular complexity index is 1000. The summed E-state index contributed by atoms with van der Waals surface area (Å²) in [5.74, 6) is -0.114. The number of carbonyl (C=O) groups excluding carboxylic acids is 2. The SMILES string of the molecule is O=CN1CCN(C(=O)c2cc3c(=O)n4ccccc4nc3s2)CC1. The molecule has 3 aromatic heterocycles. The molecule has 0 aliphatic carbocycles. The molecule has 4 rings (SSSR count). The average molecular weight is 342 g/mol. The van der Waals surface area contributed by atoms with Crippen molar-refractivity contribution in [2.24, 2.45) is 0 Å². The lowest BCUT2D eigenvalue weighted by Gasteiger charge is -2.32. The molecule has 7 nitrogen and oxygen atoms in total. The van der Waals surface area contributed by atoms with Crippen molar-refractivity contribution < 1.29 is 9.59 Å². The van der Waals surface area contributed by atoms with Gasteiger partial charge in [0.2, 0.25) is 6.41 Å². The van der Waals surface area contributed by atoms with E-state index in [9.17, 15) is 14.4 Å². The molecule has 8 heteroatoms. The summed E-state index contributed by atoms with van der Waals surface area (Å²) in [6.45, 7) is 2.07. The molecule has 1 fully saturated rings. The predicted molar refractivity (Wildman–Crippen MR) is 90.4 cm³/mol. The quantitative estimate of drug-likeness (QED) is 0.646. The first-order valence-electron chi connectivity index (χ1n) is 7.57. The molecule has 1 saturated heterocycles. The number of piperazine rings is 1. The summed E-state index contributed by atoms with van der Waals surface area (Å²) >= 11 is 1.24. The molecule has 122 valence electrons. The number of amides is 2. The summed E-state index contributed by atoms with van der Waals surface area (Å²) in [6, 6.07) is 6.98. The minimum absolute atomic E-state index is 0.114. The summed E-state index contributed by atoms with van der Waals surface area (Å²) < 4.78 is 1.48. The fraction of sp³-hybridized carbons (Fsp3) is 0.250. The zero-order valence-electron chi connectivity index (χ0n) is 12.7. The molecule has 1 aliphatic rings. The van der Waals surface area contributed by atoms with Crippen LogP contribution < -0.4 is 5.56 Å². The van der Waals surface area contributed by atoms with Crippen LogP contribution in [0.5, 0.6) is 0 Å². The highest BCUT2D eigenvalue weighted by molar-refractivity contribution is 7.20. The number of carbonyl (C=O) groups is 2. The number of thiophene rings is 1. The van der Waals surface area contributed by atoms with Crippen LogP contribution in [-0.4, -0.2) is 57.7 Å². The van der Waals surface area contributed by atoms with E-state index in [2.05, 4.69) is 4.98 Å². The number of hydrogen-bond acceptors (Lipinski definition) is 5. The number of aromatic nitrogens is 2. The summed E-state index contributed by atoms with van der Waals surface area (Å²) in [6.07, 6.45) is 2.47. The van der Waals surface area contributed by atoms with E-state index in [4.69, 9.17) is 0 Å². The van der Waals surface area contributed by atoms with Crippen LogP contribution in [0.15, 0.2) is 35.3 Å². The largest absolute Gasteiger partial charge is 0.342 e. The Morgan fingerprint density at radius 1 is 1.21 bits per heavy atom. The molecule has 2 amide bonds. The van der Waals surface area contributed by atoms with Gasteiger partial charge in [-0.05, 0) is 18.2 Å². The van der Waals surface area contributed by atoms with Crippen molar-refractivity contribution in [1.29, 1.82) is 0 Å². The first kappa shape index (κ1) is 14.8. The van der Waals surface area contributed by atoms with Gasteiger partial charge in [0.25, 0.3) is 11.5 Å². The van der Waals surface area contributed by atoms with Gasteiger partial charge in [0.15, 0.2) is 0 Å². The topological polar surface area (TPSA) is 75.0 Å². The highest BCUT2D eigenvalue weighted by Crippen LogP contribution is 2.23. The molecule has 1 aliphatic heterocycles. The minimum atomic E-state index is -0.170. The molecular formula is C16H14N4O3S. The van der Waals surface area contributed by atoms with E-state index in [1.54, 1.807) is 34.2 Å². The van der Waals surface area contributed by atoms with Gasteiger partial charge in [-0.2, -0.15) is 0 Å². The van der Waals surface area contributed by atoms with Gasteiger partial charge in [0.1, 0.15) is 10.5 Å². The Hall–Kier alpha value is -2.74. The maximum Gasteiger partial charge on any atom is 0.266 e. The molecule has 0 aromatic carbocycles. The molecule has 0 bridgehead atoms. The number of fused-ring (bicyclic) bond motifs is 2. The lowest BCUT2D eigenvalue weighted by molar-refractivity contribution is -0.119. The van der Waals surface area contributed by atoms with E-state index < -0.39 is 0 Å². The van der Waals surface area contributed by atoms with Crippen molar-refractivity contribution in [3.8, 4) is 0 Å². The number of pyridine rings is 1. The molecule has 0 saturated carbocycles. The Labute approximate surface area is 140 Å². The van der Waals surface area contributed by atoms with Crippen molar-refractivity contribution in [1.82, 2.24) is 19.2 Å².